The number of allylic oxidation sites excluding steroid dienone is 1. The predicted octanol–water partition coefficient (Wildman–Crippen LogP) is 1.79. The molecule has 0 aliphatic rings. The van der Waals surface area contributed by atoms with Gasteiger partial charge in [0.25, 0.3) is 0 Å². The van der Waals surface area contributed by atoms with Crippen LogP contribution in [0.15, 0.2) is 24.4 Å². The van der Waals surface area contributed by atoms with Crippen LogP contribution in [-0.4, -0.2) is 37.9 Å². The summed E-state index contributed by atoms with van der Waals surface area (Å²) in [7, 11) is 4.98. The number of rotatable bonds is 4. The van der Waals surface area contributed by atoms with E-state index < -0.39 is 5.97 Å². The van der Waals surface area contributed by atoms with Crippen molar-refractivity contribution in [2.75, 3.05) is 21.2 Å². The van der Waals surface area contributed by atoms with Gasteiger partial charge in [0.2, 0.25) is 0 Å². The molecule has 0 unspecified atom stereocenters. The third kappa shape index (κ3) is 3.20. The number of ether oxygens (including phenoxy) is 1. The minimum absolute atomic E-state index is 0.117. The van der Waals surface area contributed by atoms with E-state index in [9.17, 15) is 9.59 Å². The summed E-state index contributed by atoms with van der Waals surface area (Å²) >= 11 is 1.13. The number of nitrogens with zero attached hydrogens (tertiary/aromatic N) is 1. The quantitative estimate of drug-likeness (QED) is 0.456. The smallest absolute Gasteiger partial charge is 0.348 e. The number of thiophene rings is 1. The maximum absolute atomic E-state index is 11.6. The highest BCUT2D eigenvalue weighted by molar-refractivity contribution is 7.16. The van der Waals surface area contributed by atoms with Gasteiger partial charge in [-0.15, -0.1) is 11.3 Å². The van der Waals surface area contributed by atoms with Crippen LogP contribution in [-0.2, 0) is 4.74 Å². The van der Waals surface area contributed by atoms with Crippen molar-refractivity contribution in [2.24, 2.45) is 0 Å². The molecule has 86 valence electrons. The van der Waals surface area contributed by atoms with Crippen molar-refractivity contribution >= 4 is 23.1 Å². The van der Waals surface area contributed by atoms with E-state index in [-0.39, 0.29) is 5.78 Å². The van der Waals surface area contributed by atoms with E-state index in [1.807, 2.05) is 14.1 Å². The lowest BCUT2D eigenvalue weighted by Crippen LogP contribution is -2.02. The molecule has 0 aliphatic carbocycles. The molecule has 0 N–H and O–H groups in total. The van der Waals surface area contributed by atoms with Gasteiger partial charge in [0.15, 0.2) is 5.78 Å². The molecule has 0 aromatic carbocycles. The second-order valence-corrected chi connectivity index (χ2v) is 4.38. The van der Waals surface area contributed by atoms with E-state index in [2.05, 4.69) is 4.74 Å². The molecule has 1 rings (SSSR count). The number of carbonyl (C=O) groups is 2. The van der Waals surface area contributed by atoms with Gasteiger partial charge in [-0.25, -0.2) is 4.79 Å². The SMILES string of the molecule is COC(=O)c1ccc(C(=O)/C=C/N(C)C)s1. The van der Waals surface area contributed by atoms with Gasteiger partial charge in [0, 0.05) is 26.4 Å². The fourth-order valence-corrected chi connectivity index (χ4v) is 1.82. The van der Waals surface area contributed by atoms with Crippen LogP contribution < -0.4 is 0 Å². The van der Waals surface area contributed by atoms with Gasteiger partial charge in [0.05, 0.1) is 12.0 Å². The van der Waals surface area contributed by atoms with E-state index in [0.29, 0.717) is 9.75 Å². The first-order chi connectivity index (χ1) is 7.54. The number of esters is 1. The highest BCUT2D eigenvalue weighted by Crippen LogP contribution is 2.18. The second kappa shape index (κ2) is 5.46. The number of carbonyl (C=O) groups excluding carboxylic acids is 2. The third-order valence-electron chi connectivity index (χ3n) is 1.76. The van der Waals surface area contributed by atoms with Crippen molar-refractivity contribution in [1.29, 1.82) is 0 Å². The molecule has 0 atom stereocenters. The molecule has 4 nitrogen and oxygen atoms in total. The lowest BCUT2D eigenvalue weighted by atomic mass is 10.3. The third-order valence-corrected chi connectivity index (χ3v) is 2.84. The predicted molar refractivity (Wildman–Crippen MR) is 62.8 cm³/mol. The topological polar surface area (TPSA) is 46.6 Å². The summed E-state index contributed by atoms with van der Waals surface area (Å²) in [6.07, 6.45) is 3.13. The molecule has 0 radical (unpaired) electrons. The minimum atomic E-state index is -0.416. The molecule has 0 saturated heterocycles. The Balaban J connectivity index is 2.78. The Labute approximate surface area is 98.1 Å². The molecule has 1 aromatic rings. The van der Waals surface area contributed by atoms with Gasteiger partial charge in [0.1, 0.15) is 4.88 Å². The van der Waals surface area contributed by atoms with Gasteiger partial charge in [-0.2, -0.15) is 0 Å². The maximum Gasteiger partial charge on any atom is 0.348 e. The zero-order valence-electron chi connectivity index (χ0n) is 9.39. The molecular weight excluding hydrogens is 226 g/mol. The van der Waals surface area contributed by atoms with E-state index in [1.165, 1.54) is 13.2 Å². The summed E-state index contributed by atoms with van der Waals surface area (Å²) in [6, 6.07) is 3.21. The first-order valence-electron chi connectivity index (χ1n) is 4.61. The van der Waals surface area contributed by atoms with Crippen LogP contribution in [0.5, 0.6) is 0 Å². The van der Waals surface area contributed by atoms with Crippen molar-refractivity contribution in [3.63, 3.8) is 0 Å². The van der Waals surface area contributed by atoms with Crippen LogP contribution >= 0.6 is 11.3 Å². The monoisotopic (exact) mass is 239 g/mol. The summed E-state index contributed by atoms with van der Waals surface area (Å²) in [5.74, 6) is -0.533. The molecular formula is C11H13NO3S. The zero-order valence-corrected chi connectivity index (χ0v) is 10.2. The van der Waals surface area contributed by atoms with Crippen LogP contribution in [0, 0.1) is 0 Å². The van der Waals surface area contributed by atoms with E-state index in [4.69, 9.17) is 0 Å². The summed E-state index contributed by atoms with van der Waals surface area (Å²) in [4.78, 5) is 25.5. The molecule has 0 aliphatic heterocycles. The largest absolute Gasteiger partial charge is 0.465 e. The van der Waals surface area contributed by atoms with Gasteiger partial charge < -0.3 is 9.64 Å². The van der Waals surface area contributed by atoms with Crippen LogP contribution in [0.1, 0.15) is 19.3 Å². The standard InChI is InChI=1S/C11H13NO3S/c1-12(2)7-6-8(13)9-4-5-10(16-9)11(14)15-3/h4-7H,1-3H3/b7-6+. The van der Waals surface area contributed by atoms with Crippen LogP contribution in [0.4, 0.5) is 0 Å². The van der Waals surface area contributed by atoms with Crippen molar-refractivity contribution in [2.45, 2.75) is 0 Å². The molecule has 0 bridgehead atoms. The van der Waals surface area contributed by atoms with E-state index in [0.717, 1.165) is 11.3 Å². The van der Waals surface area contributed by atoms with E-state index >= 15 is 0 Å². The van der Waals surface area contributed by atoms with Crippen molar-refractivity contribution in [3.8, 4) is 0 Å². The molecule has 0 spiro atoms. The van der Waals surface area contributed by atoms with Gasteiger partial charge in [-0.3, -0.25) is 4.79 Å². The lowest BCUT2D eigenvalue weighted by molar-refractivity contribution is 0.0606. The Hall–Kier alpha value is -1.62. The molecule has 16 heavy (non-hydrogen) atoms. The zero-order chi connectivity index (χ0) is 12.1. The Bertz CT molecular complexity index is 421. The Morgan fingerprint density at radius 1 is 1.31 bits per heavy atom. The number of methoxy groups -OCH3 is 1. The summed E-state index contributed by atoms with van der Waals surface area (Å²) in [6.45, 7) is 0. The molecule has 0 fully saturated rings. The van der Waals surface area contributed by atoms with Crippen molar-refractivity contribution in [1.82, 2.24) is 4.90 Å². The van der Waals surface area contributed by atoms with E-state index in [1.54, 1.807) is 23.2 Å². The van der Waals surface area contributed by atoms with Crippen LogP contribution in [0.25, 0.3) is 0 Å². The Morgan fingerprint density at radius 3 is 2.50 bits per heavy atom. The summed E-state index contributed by atoms with van der Waals surface area (Å²) < 4.78 is 4.56. The molecule has 0 amide bonds. The Morgan fingerprint density at radius 2 is 1.94 bits per heavy atom. The average molecular weight is 239 g/mol. The maximum atomic E-state index is 11.6. The highest BCUT2D eigenvalue weighted by atomic mass is 32.1. The molecule has 0 saturated carbocycles. The number of hydrogen-bond acceptors (Lipinski definition) is 5. The average Bonchev–Trinajstić information content (AvgIpc) is 2.74. The van der Waals surface area contributed by atoms with Gasteiger partial charge in [-0.1, -0.05) is 0 Å². The number of hydrogen-bond donors (Lipinski definition) is 0. The number of ketones is 1. The normalized spacial score (nSPS) is 10.4. The first-order valence-corrected chi connectivity index (χ1v) is 5.43. The molecule has 1 aromatic heterocycles. The molecule has 5 heteroatoms. The van der Waals surface area contributed by atoms with Crippen molar-refractivity contribution in [3.05, 3.63) is 34.2 Å². The first kappa shape index (κ1) is 12.4. The van der Waals surface area contributed by atoms with Gasteiger partial charge >= 0.3 is 5.97 Å². The second-order valence-electron chi connectivity index (χ2n) is 3.30. The van der Waals surface area contributed by atoms with Crippen LogP contribution in [0.2, 0.25) is 0 Å². The minimum Gasteiger partial charge on any atom is -0.465 e. The summed E-state index contributed by atoms with van der Waals surface area (Å²) in [5, 5.41) is 0. The molecule has 1 heterocycles. The highest BCUT2D eigenvalue weighted by Gasteiger charge is 2.11. The lowest BCUT2D eigenvalue weighted by Gasteiger charge is -2.01. The van der Waals surface area contributed by atoms with Crippen LogP contribution in [0.3, 0.4) is 0 Å². The fourth-order valence-electron chi connectivity index (χ4n) is 0.980. The summed E-state index contributed by atoms with van der Waals surface area (Å²) in [5.41, 5.74) is 0. The fraction of sp³-hybridized carbons (Fsp3) is 0.273. The van der Waals surface area contributed by atoms with Crippen molar-refractivity contribution < 1.29 is 14.3 Å². The Kier molecular flexibility index (Phi) is 4.25. The van der Waals surface area contributed by atoms with Gasteiger partial charge in [-0.05, 0) is 12.1 Å².